The van der Waals surface area contributed by atoms with E-state index in [-0.39, 0.29) is 5.91 Å². The molecule has 0 radical (unpaired) electrons. The molecule has 6 heteroatoms. The summed E-state index contributed by atoms with van der Waals surface area (Å²) in [5, 5.41) is 11.2. The highest BCUT2D eigenvalue weighted by Gasteiger charge is 2.30. The maximum absolute atomic E-state index is 12.1. The maximum atomic E-state index is 12.1. The Morgan fingerprint density at radius 1 is 1.30 bits per heavy atom. The van der Waals surface area contributed by atoms with Gasteiger partial charge in [0, 0.05) is 12.8 Å². The summed E-state index contributed by atoms with van der Waals surface area (Å²) in [6.07, 6.45) is 0.551. The van der Waals surface area contributed by atoms with Gasteiger partial charge in [-0.15, -0.1) is 0 Å². The molecular weight excluding hydrogens is 262 g/mol. The van der Waals surface area contributed by atoms with Gasteiger partial charge in [-0.05, 0) is 37.6 Å². The number of aliphatic carboxylic acids is 1. The van der Waals surface area contributed by atoms with E-state index in [1.54, 1.807) is 31.2 Å². The molecule has 1 unspecified atom stereocenters. The predicted molar refractivity (Wildman–Crippen MR) is 73.9 cm³/mol. The van der Waals surface area contributed by atoms with Gasteiger partial charge in [-0.1, -0.05) is 6.92 Å². The average Bonchev–Trinajstić information content (AvgIpc) is 2.45. The van der Waals surface area contributed by atoms with Gasteiger partial charge in [-0.25, -0.2) is 4.79 Å². The van der Waals surface area contributed by atoms with Crippen molar-refractivity contribution in [3.05, 3.63) is 24.3 Å². The molecule has 6 nitrogen and oxygen atoms in total. The molecule has 110 valence electrons. The monoisotopic (exact) mass is 281 g/mol. The molecule has 1 aromatic rings. The number of carboxylic acids is 1. The predicted octanol–water partition coefficient (Wildman–Crippen LogP) is 1.90. The van der Waals surface area contributed by atoms with Gasteiger partial charge in [0.1, 0.15) is 11.4 Å². The Balaban J connectivity index is 2.65. The fourth-order valence-corrected chi connectivity index (χ4v) is 1.44. The Kier molecular flexibility index (Phi) is 5.52. The Morgan fingerprint density at radius 2 is 1.90 bits per heavy atom. The molecule has 2 N–H and O–H groups in total. The number of anilines is 1. The van der Waals surface area contributed by atoms with E-state index in [4.69, 9.17) is 14.6 Å². The van der Waals surface area contributed by atoms with Gasteiger partial charge < -0.3 is 19.9 Å². The number of hydrogen-bond acceptors (Lipinski definition) is 4. The Hall–Kier alpha value is -2.08. The van der Waals surface area contributed by atoms with E-state index >= 15 is 0 Å². The number of nitrogens with one attached hydrogen (secondary N) is 1. The summed E-state index contributed by atoms with van der Waals surface area (Å²) in [4.78, 5) is 22.4. The van der Waals surface area contributed by atoms with Gasteiger partial charge >= 0.3 is 5.97 Å². The lowest BCUT2D eigenvalue weighted by Gasteiger charge is -2.25. The molecule has 0 aliphatic carbocycles. The summed E-state index contributed by atoms with van der Waals surface area (Å²) < 4.78 is 10.2. The third-order valence-corrected chi connectivity index (χ3v) is 3.08. The zero-order valence-electron chi connectivity index (χ0n) is 11.8. The fourth-order valence-electron chi connectivity index (χ4n) is 1.44. The second-order valence-electron chi connectivity index (χ2n) is 4.45. The van der Waals surface area contributed by atoms with Crippen molar-refractivity contribution >= 4 is 17.6 Å². The molecule has 0 aliphatic rings. The van der Waals surface area contributed by atoms with Gasteiger partial charge in [0.25, 0.3) is 5.91 Å². The van der Waals surface area contributed by atoms with Gasteiger partial charge in [0.05, 0.1) is 0 Å². The van der Waals surface area contributed by atoms with Crippen LogP contribution in [0.2, 0.25) is 0 Å². The van der Waals surface area contributed by atoms with Crippen LogP contribution in [0.5, 0.6) is 5.75 Å². The molecule has 0 aliphatic heterocycles. The summed E-state index contributed by atoms with van der Waals surface area (Å²) >= 11 is 0. The molecule has 20 heavy (non-hydrogen) atoms. The minimum Gasteiger partial charge on any atom is -0.482 e. The van der Waals surface area contributed by atoms with Crippen LogP contribution in [0.1, 0.15) is 20.3 Å². The lowest BCUT2D eigenvalue weighted by atomic mass is 10.0. The van der Waals surface area contributed by atoms with Crippen molar-refractivity contribution in [1.29, 1.82) is 0 Å². The molecule has 0 bridgehead atoms. The van der Waals surface area contributed by atoms with Crippen molar-refractivity contribution in [2.24, 2.45) is 0 Å². The normalized spacial score (nSPS) is 13.3. The SMILES string of the molecule is CCC(C)(OC)C(=O)Nc1ccc(OCC(=O)O)cc1. The van der Waals surface area contributed by atoms with Gasteiger partial charge in [-0.3, -0.25) is 4.79 Å². The number of ether oxygens (including phenoxy) is 2. The third-order valence-electron chi connectivity index (χ3n) is 3.08. The second kappa shape index (κ2) is 6.91. The molecule has 0 saturated heterocycles. The molecule has 1 rings (SSSR count). The van der Waals surface area contributed by atoms with Gasteiger partial charge in [-0.2, -0.15) is 0 Å². The Morgan fingerprint density at radius 3 is 2.35 bits per heavy atom. The number of carboxylic acid groups (broad SMARTS) is 1. The van der Waals surface area contributed by atoms with E-state index in [2.05, 4.69) is 5.32 Å². The molecule has 0 spiro atoms. The zero-order chi connectivity index (χ0) is 15.2. The van der Waals surface area contributed by atoms with Crippen LogP contribution < -0.4 is 10.1 Å². The Bertz CT molecular complexity index is 465. The van der Waals surface area contributed by atoms with Crippen LogP contribution >= 0.6 is 0 Å². The maximum Gasteiger partial charge on any atom is 0.341 e. The molecule has 1 amide bonds. The Labute approximate surface area is 117 Å². The number of hydrogen-bond donors (Lipinski definition) is 2. The van der Waals surface area contributed by atoms with Crippen LogP contribution in [-0.2, 0) is 14.3 Å². The van der Waals surface area contributed by atoms with Gasteiger partial charge in [0.2, 0.25) is 0 Å². The number of benzene rings is 1. The van der Waals surface area contributed by atoms with E-state index in [1.165, 1.54) is 7.11 Å². The van der Waals surface area contributed by atoms with E-state index in [9.17, 15) is 9.59 Å². The number of methoxy groups -OCH3 is 1. The average molecular weight is 281 g/mol. The minimum absolute atomic E-state index is 0.235. The summed E-state index contributed by atoms with van der Waals surface area (Å²) in [5.41, 5.74) is -0.284. The lowest BCUT2D eigenvalue weighted by molar-refractivity contribution is -0.139. The third kappa shape index (κ3) is 4.24. The topological polar surface area (TPSA) is 84.9 Å². The lowest BCUT2D eigenvalue weighted by Crippen LogP contribution is -2.41. The summed E-state index contributed by atoms with van der Waals surface area (Å²) in [6, 6.07) is 6.46. The highest BCUT2D eigenvalue weighted by Crippen LogP contribution is 2.20. The molecule has 0 aromatic heterocycles. The minimum atomic E-state index is -1.04. The summed E-state index contributed by atoms with van der Waals surface area (Å²) in [6.45, 7) is 3.18. The summed E-state index contributed by atoms with van der Waals surface area (Å²) in [7, 11) is 1.49. The van der Waals surface area contributed by atoms with Crippen LogP contribution in [0.4, 0.5) is 5.69 Å². The van der Waals surface area contributed by atoms with Crippen molar-refractivity contribution in [2.45, 2.75) is 25.9 Å². The first-order chi connectivity index (χ1) is 9.41. The van der Waals surface area contributed by atoms with Gasteiger partial charge in [0.15, 0.2) is 6.61 Å². The van der Waals surface area contributed by atoms with Crippen LogP contribution in [-0.4, -0.2) is 36.3 Å². The van der Waals surface area contributed by atoms with Crippen LogP contribution in [0.15, 0.2) is 24.3 Å². The van der Waals surface area contributed by atoms with Crippen molar-refractivity contribution in [3.63, 3.8) is 0 Å². The molecule has 0 fully saturated rings. The zero-order valence-corrected chi connectivity index (χ0v) is 11.8. The number of rotatable bonds is 7. The quantitative estimate of drug-likeness (QED) is 0.797. The van der Waals surface area contributed by atoms with Crippen molar-refractivity contribution in [1.82, 2.24) is 0 Å². The first-order valence-corrected chi connectivity index (χ1v) is 6.22. The van der Waals surface area contributed by atoms with Crippen LogP contribution in [0, 0.1) is 0 Å². The van der Waals surface area contributed by atoms with Crippen molar-refractivity contribution < 1.29 is 24.2 Å². The number of carbonyl (C=O) groups is 2. The largest absolute Gasteiger partial charge is 0.482 e. The smallest absolute Gasteiger partial charge is 0.341 e. The van der Waals surface area contributed by atoms with Crippen LogP contribution in [0.3, 0.4) is 0 Å². The number of amides is 1. The second-order valence-corrected chi connectivity index (χ2v) is 4.45. The van der Waals surface area contributed by atoms with Crippen LogP contribution in [0.25, 0.3) is 0 Å². The molecule has 0 saturated carbocycles. The highest BCUT2D eigenvalue weighted by atomic mass is 16.5. The first-order valence-electron chi connectivity index (χ1n) is 6.22. The van der Waals surface area contributed by atoms with Crippen molar-refractivity contribution in [3.8, 4) is 5.75 Å². The number of carbonyl (C=O) groups excluding carboxylic acids is 1. The molecule has 0 heterocycles. The van der Waals surface area contributed by atoms with E-state index in [1.807, 2.05) is 6.92 Å². The van der Waals surface area contributed by atoms with Crippen molar-refractivity contribution in [2.75, 3.05) is 19.0 Å². The molecule has 1 atom stereocenters. The molecular formula is C14H19NO5. The van der Waals surface area contributed by atoms with E-state index in [0.29, 0.717) is 17.9 Å². The van der Waals surface area contributed by atoms with E-state index < -0.39 is 18.2 Å². The molecule has 1 aromatic carbocycles. The first kappa shape index (κ1) is 16.0. The summed E-state index contributed by atoms with van der Waals surface area (Å²) in [5.74, 6) is -0.849. The van der Waals surface area contributed by atoms with E-state index in [0.717, 1.165) is 0 Å². The highest BCUT2D eigenvalue weighted by molar-refractivity contribution is 5.97. The fraction of sp³-hybridized carbons (Fsp3) is 0.429. The standard InChI is InChI=1S/C14H19NO5/c1-4-14(2,19-3)13(18)15-10-5-7-11(8-6-10)20-9-12(16)17/h5-8H,4,9H2,1-3H3,(H,15,18)(H,16,17).